The van der Waals surface area contributed by atoms with Gasteiger partial charge in [0, 0.05) is 19.3 Å². The minimum atomic E-state index is -3.06. The van der Waals surface area contributed by atoms with E-state index in [0.29, 0.717) is 24.2 Å². The number of amides is 1. The highest BCUT2D eigenvalue weighted by Gasteiger charge is 2.34. The van der Waals surface area contributed by atoms with Crippen molar-refractivity contribution < 1.29 is 13.2 Å². The maximum atomic E-state index is 13.2. The Morgan fingerprint density at radius 2 is 2.04 bits per heavy atom. The molecule has 8 heteroatoms. The lowest BCUT2D eigenvalue weighted by Gasteiger charge is -2.23. The summed E-state index contributed by atoms with van der Waals surface area (Å²) in [5.74, 6) is -0.0213. The van der Waals surface area contributed by atoms with E-state index < -0.39 is 9.84 Å². The van der Waals surface area contributed by atoms with Gasteiger partial charge in [-0.15, -0.1) is 11.3 Å². The highest BCUT2D eigenvalue weighted by Crippen LogP contribution is 2.29. The molecule has 1 saturated heterocycles. The molecule has 28 heavy (non-hydrogen) atoms. The van der Waals surface area contributed by atoms with Crippen molar-refractivity contribution in [2.24, 2.45) is 0 Å². The van der Waals surface area contributed by atoms with Crippen molar-refractivity contribution in [3.8, 4) is 10.6 Å². The van der Waals surface area contributed by atoms with Gasteiger partial charge in [-0.3, -0.25) is 9.48 Å². The Kier molecular flexibility index (Phi) is 5.07. The van der Waals surface area contributed by atoms with Gasteiger partial charge in [-0.05, 0) is 23.4 Å². The molecule has 1 fully saturated rings. The van der Waals surface area contributed by atoms with Gasteiger partial charge in [0.05, 0.1) is 28.5 Å². The zero-order chi connectivity index (χ0) is 19.7. The number of aromatic nitrogens is 2. The summed E-state index contributed by atoms with van der Waals surface area (Å²) < 4.78 is 25.4. The smallest absolute Gasteiger partial charge is 0.257 e. The molecule has 4 rings (SSSR count). The van der Waals surface area contributed by atoms with Crippen LogP contribution in [-0.4, -0.2) is 53.6 Å². The standard InChI is InChI=1S/C20H21N3O3S2/c1-22(16-9-11-28(25,26)14-16)20(24)17-13-23(12-15-6-3-2-4-7-15)21-19(17)18-8-5-10-27-18/h2-8,10,13,16H,9,11-12,14H2,1H3/t16-/m0/s1. The predicted molar refractivity (Wildman–Crippen MR) is 110 cm³/mol. The Morgan fingerprint density at radius 1 is 1.25 bits per heavy atom. The Labute approximate surface area is 168 Å². The van der Waals surface area contributed by atoms with E-state index >= 15 is 0 Å². The summed E-state index contributed by atoms with van der Waals surface area (Å²) in [6.45, 7) is 0.564. The molecule has 146 valence electrons. The first-order valence-electron chi connectivity index (χ1n) is 9.06. The van der Waals surface area contributed by atoms with Crippen molar-refractivity contribution >= 4 is 27.1 Å². The normalized spacial score (nSPS) is 18.2. The molecule has 0 bridgehead atoms. The van der Waals surface area contributed by atoms with Crippen LogP contribution in [0, 0.1) is 0 Å². The average Bonchev–Trinajstić information content (AvgIpc) is 3.41. The molecule has 0 N–H and O–H groups in total. The Bertz CT molecular complexity index is 1070. The Balaban J connectivity index is 1.65. The summed E-state index contributed by atoms with van der Waals surface area (Å²) in [5.41, 5.74) is 2.24. The van der Waals surface area contributed by atoms with Gasteiger partial charge in [-0.1, -0.05) is 36.4 Å². The van der Waals surface area contributed by atoms with Crippen LogP contribution in [-0.2, 0) is 16.4 Å². The van der Waals surface area contributed by atoms with E-state index in [1.807, 2.05) is 47.8 Å². The van der Waals surface area contributed by atoms with Crippen LogP contribution in [0.15, 0.2) is 54.0 Å². The second-order valence-electron chi connectivity index (χ2n) is 7.02. The SMILES string of the molecule is CN(C(=O)c1cn(Cc2ccccc2)nc1-c1cccs1)[C@H]1CCS(=O)(=O)C1. The van der Waals surface area contributed by atoms with Crippen LogP contribution in [0.25, 0.3) is 10.6 Å². The molecule has 1 amide bonds. The number of thiophene rings is 1. The van der Waals surface area contributed by atoms with Gasteiger partial charge in [-0.2, -0.15) is 5.10 Å². The topological polar surface area (TPSA) is 72.3 Å². The predicted octanol–water partition coefficient (Wildman–Crippen LogP) is 2.92. The fraction of sp³-hybridized carbons (Fsp3) is 0.300. The number of benzene rings is 1. The largest absolute Gasteiger partial charge is 0.338 e. The lowest BCUT2D eigenvalue weighted by molar-refractivity contribution is 0.0748. The fourth-order valence-electron chi connectivity index (χ4n) is 3.46. The third-order valence-electron chi connectivity index (χ3n) is 5.01. The molecule has 6 nitrogen and oxygen atoms in total. The average molecular weight is 416 g/mol. The molecule has 3 aromatic rings. The van der Waals surface area contributed by atoms with Gasteiger partial charge in [0.1, 0.15) is 5.69 Å². The van der Waals surface area contributed by atoms with E-state index in [0.717, 1.165) is 10.4 Å². The van der Waals surface area contributed by atoms with Gasteiger partial charge in [0.2, 0.25) is 0 Å². The monoisotopic (exact) mass is 415 g/mol. The second-order valence-corrected chi connectivity index (χ2v) is 10.2. The molecule has 1 aliphatic heterocycles. The number of nitrogens with zero attached hydrogens (tertiary/aromatic N) is 3. The zero-order valence-electron chi connectivity index (χ0n) is 15.5. The second kappa shape index (κ2) is 7.52. The van der Waals surface area contributed by atoms with Gasteiger partial charge in [-0.25, -0.2) is 8.42 Å². The van der Waals surface area contributed by atoms with Crippen LogP contribution in [0.5, 0.6) is 0 Å². The molecule has 0 aliphatic carbocycles. The molecule has 0 unspecified atom stereocenters. The summed E-state index contributed by atoms with van der Waals surface area (Å²) in [7, 11) is -1.38. The van der Waals surface area contributed by atoms with Crippen molar-refractivity contribution in [2.75, 3.05) is 18.6 Å². The molecule has 1 atom stereocenters. The van der Waals surface area contributed by atoms with Crippen molar-refractivity contribution in [2.45, 2.75) is 19.0 Å². The number of carbonyl (C=O) groups is 1. The van der Waals surface area contributed by atoms with Crippen LogP contribution < -0.4 is 0 Å². The van der Waals surface area contributed by atoms with Crippen molar-refractivity contribution in [1.29, 1.82) is 0 Å². The summed E-state index contributed by atoms with van der Waals surface area (Å²) in [4.78, 5) is 15.7. The van der Waals surface area contributed by atoms with Crippen molar-refractivity contribution in [3.63, 3.8) is 0 Å². The van der Waals surface area contributed by atoms with Crippen LogP contribution in [0.1, 0.15) is 22.3 Å². The highest BCUT2D eigenvalue weighted by atomic mass is 32.2. The minimum Gasteiger partial charge on any atom is -0.338 e. The molecule has 3 heterocycles. The molecular formula is C20H21N3O3S2. The number of carbonyl (C=O) groups excluding carboxylic acids is 1. The molecular weight excluding hydrogens is 394 g/mol. The first-order valence-corrected chi connectivity index (χ1v) is 11.8. The summed E-state index contributed by atoms with van der Waals surface area (Å²) in [5, 5.41) is 6.62. The molecule has 1 aliphatic rings. The fourth-order valence-corrected chi connectivity index (χ4v) is 5.96. The number of rotatable bonds is 5. The number of sulfone groups is 1. The molecule has 1 aromatic carbocycles. The summed E-state index contributed by atoms with van der Waals surface area (Å²) in [6, 6.07) is 13.5. The maximum absolute atomic E-state index is 13.2. The van der Waals surface area contributed by atoms with Crippen LogP contribution in [0.4, 0.5) is 0 Å². The van der Waals surface area contributed by atoms with Gasteiger partial charge in [0.15, 0.2) is 9.84 Å². The van der Waals surface area contributed by atoms with Gasteiger partial charge < -0.3 is 4.90 Å². The van der Waals surface area contributed by atoms with E-state index in [4.69, 9.17) is 0 Å². The van der Waals surface area contributed by atoms with Crippen LogP contribution in [0.2, 0.25) is 0 Å². The Morgan fingerprint density at radius 3 is 2.68 bits per heavy atom. The maximum Gasteiger partial charge on any atom is 0.257 e. The van der Waals surface area contributed by atoms with Gasteiger partial charge >= 0.3 is 0 Å². The van der Waals surface area contributed by atoms with E-state index in [1.54, 1.807) is 22.8 Å². The van der Waals surface area contributed by atoms with E-state index in [9.17, 15) is 13.2 Å². The molecule has 2 aromatic heterocycles. The van der Waals surface area contributed by atoms with Crippen molar-refractivity contribution in [1.82, 2.24) is 14.7 Å². The van der Waals surface area contributed by atoms with Crippen molar-refractivity contribution in [3.05, 3.63) is 65.2 Å². The highest BCUT2D eigenvalue weighted by molar-refractivity contribution is 7.91. The van der Waals surface area contributed by atoms with Gasteiger partial charge in [0.25, 0.3) is 5.91 Å². The minimum absolute atomic E-state index is 0.0295. The third kappa shape index (κ3) is 3.88. The molecule has 0 saturated carbocycles. The third-order valence-corrected chi connectivity index (χ3v) is 7.64. The van der Waals surface area contributed by atoms with Crippen LogP contribution in [0.3, 0.4) is 0 Å². The summed E-state index contributed by atoms with van der Waals surface area (Å²) >= 11 is 1.53. The Hall–Kier alpha value is -2.45. The molecule has 0 spiro atoms. The summed E-state index contributed by atoms with van der Waals surface area (Å²) in [6.07, 6.45) is 2.25. The van der Waals surface area contributed by atoms with Crippen LogP contribution >= 0.6 is 11.3 Å². The lowest BCUT2D eigenvalue weighted by Crippen LogP contribution is -2.37. The molecule has 0 radical (unpaired) electrons. The zero-order valence-corrected chi connectivity index (χ0v) is 17.1. The number of hydrogen-bond donors (Lipinski definition) is 0. The first kappa shape index (κ1) is 18.9. The first-order chi connectivity index (χ1) is 13.4. The number of hydrogen-bond acceptors (Lipinski definition) is 5. The quantitative estimate of drug-likeness (QED) is 0.642. The van der Waals surface area contributed by atoms with E-state index in [2.05, 4.69) is 5.10 Å². The van der Waals surface area contributed by atoms with E-state index in [1.165, 1.54) is 11.3 Å². The lowest BCUT2D eigenvalue weighted by atomic mass is 10.1. The van der Waals surface area contributed by atoms with E-state index in [-0.39, 0.29) is 23.5 Å².